The molecule has 120 valence electrons. The minimum atomic E-state index is -1.07. The van der Waals surface area contributed by atoms with Crippen LogP contribution in [0.4, 0.5) is 4.79 Å². The van der Waals surface area contributed by atoms with Crippen molar-refractivity contribution in [3.05, 3.63) is 0 Å². The summed E-state index contributed by atoms with van der Waals surface area (Å²) in [6.07, 6.45) is 2.77. The minimum Gasteiger partial charge on any atom is -0.480 e. The number of nitrogens with one attached hydrogen (secondary N) is 1. The third-order valence-corrected chi connectivity index (χ3v) is 5.89. The molecule has 1 saturated carbocycles. The van der Waals surface area contributed by atoms with Crippen LogP contribution in [0.5, 0.6) is 0 Å². The van der Waals surface area contributed by atoms with E-state index in [4.69, 9.17) is 0 Å². The molecule has 2 rings (SSSR count). The molecular formula is C15H26N2O3S. The van der Waals surface area contributed by atoms with Gasteiger partial charge in [0.1, 0.15) is 5.54 Å². The van der Waals surface area contributed by atoms with Gasteiger partial charge in [-0.15, -0.1) is 0 Å². The van der Waals surface area contributed by atoms with E-state index in [9.17, 15) is 14.7 Å². The number of carboxylic acids is 1. The number of hydrogen-bond donors (Lipinski definition) is 2. The summed E-state index contributed by atoms with van der Waals surface area (Å²) in [5.74, 6) is 0.547. The maximum Gasteiger partial charge on any atom is 0.329 e. The van der Waals surface area contributed by atoms with Crippen molar-refractivity contribution in [3.8, 4) is 0 Å². The van der Waals surface area contributed by atoms with Gasteiger partial charge in [0.15, 0.2) is 0 Å². The molecular weight excluding hydrogens is 288 g/mol. The van der Waals surface area contributed by atoms with Crippen molar-refractivity contribution in [1.82, 2.24) is 10.2 Å². The van der Waals surface area contributed by atoms with Crippen LogP contribution >= 0.6 is 11.8 Å². The highest BCUT2D eigenvalue weighted by molar-refractivity contribution is 8.00. The smallest absolute Gasteiger partial charge is 0.329 e. The molecule has 1 saturated heterocycles. The zero-order valence-corrected chi connectivity index (χ0v) is 14.0. The first-order valence-electron chi connectivity index (χ1n) is 7.69. The molecule has 2 fully saturated rings. The zero-order valence-electron chi connectivity index (χ0n) is 13.1. The number of carbonyl (C=O) groups excluding carboxylic acids is 1. The molecule has 5 nitrogen and oxygen atoms in total. The Morgan fingerprint density at radius 2 is 1.90 bits per heavy atom. The van der Waals surface area contributed by atoms with Crippen molar-refractivity contribution in [1.29, 1.82) is 0 Å². The maximum absolute atomic E-state index is 12.5. The highest BCUT2D eigenvalue weighted by atomic mass is 32.2. The number of urea groups is 1. The van der Waals surface area contributed by atoms with E-state index >= 15 is 0 Å². The van der Waals surface area contributed by atoms with Gasteiger partial charge < -0.3 is 15.3 Å². The third kappa shape index (κ3) is 3.84. The number of carboxylic acid groups (broad SMARTS) is 1. The molecule has 0 aromatic rings. The molecule has 1 aliphatic heterocycles. The monoisotopic (exact) mass is 314 g/mol. The summed E-state index contributed by atoms with van der Waals surface area (Å²) in [5.41, 5.74) is -1.07. The normalized spacial score (nSPS) is 32.5. The predicted octanol–water partition coefficient (Wildman–Crippen LogP) is 2.56. The Hall–Kier alpha value is -0.910. The Morgan fingerprint density at radius 1 is 1.29 bits per heavy atom. The first kappa shape index (κ1) is 16.5. The lowest BCUT2D eigenvalue weighted by atomic mass is 9.77. The summed E-state index contributed by atoms with van der Waals surface area (Å²) >= 11 is 1.86. The Morgan fingerprint density at radius 3 is 2.43 bits per heavy atom. The summed E-state index contributed by atoms with van der Waals surface area (Å²) in [7, 11) is 0. The second kappa shape index (κ2) is 6.07. The topological polar surface area (TPSA) is 69.6 Å². The van der Waals surface area contributed by atoms with Crippen LogP contribution < -0.4 is 5.32 Å². The van der Waals surface area contributed by atoms with Gasteiger partial charge in [-0.25, -0.2) is 9.59 Å². The molecule has 2 aliphatic rings. The van der Waals surface area contributed by atoms with Crippen molar-refractivity contribution >= 4 is 23.8 Å². The number of rotatable bonds is 2. The molecule has 6 heteroatoms. The fraction of sp³-hybridized carbons (Fsp3) is 0.867. The molecule has 0 unspecified atom stereocenters. The molecule has 0 aromatic carbocycles. The van der Waals surface area contributed by atoms with Gasteiger partial charge in [-0.2, -0.15) is 11.8 Å². The lowest BCUT2D eigenvalue weighted by Gasteiger charge is -2.41. The van der Waals surface area contributed by atoms with Crippen molar-refractivity contribution in [2.45, 2.75) is 56.7 Å². The molecule has 0 atom stereocenters. The van der Waals surface area contributed by atoms with Gasteiger partial charge in [-0.3, -0.25) is 0 Å². The summed E-state index contributed by atoms with van der Waals surface area (Å²) in [4.78, 5) is 25.9. The lowest BCUT2D eigenvalue weighted by Crippen LogP contribution is -2.61. The van der Waals surface area contributed by atoms with Crippen molar-refractivity contribution in [3.63, 3.8) is 0 Å². The summed E-state index contributed by atoms with van der Waals surface area (Å²) in [6.45, 7) is 7.72. The SMILES string of the molecule is CC1CCC(NC(=O)N2CCSC(C)(C)C2)(C(=O)O)CC1. The molecule has 2 amide bonds. The zero-order chi connectivity index (χ0) is 15.7. The molecule has 0 spiro atoms. The van der Waals surface area contributed by atoms with Crippen molar-refractivity contribution < 1.29 is 14.7 Å². The number of thioether (sulfide) groups is 1. The first-order valence-corrected chi connectivity index (χ1v) is 8.67. The Bertz CT molecular complexity index is 417. The van der Waals surface area contributed by atoms with Gasteiger partial charge in [-0.1, -0.05) is 6.92 Å². The minimum absolute atomic E-state index is 0.0348. The molecule has 1 heterocycles. The number of amides is 2. The quantitative estimate of drug-likeness (QED) is 0.822. The summed E-state index contributed by atoms with van der Waals surface area (Å²) in [6, 6.07) is -0.222. The third-order valence-electron chi connectivity index (χ3n) is 4.60. The molecule has 2 N–H and O–H groups in total. The summed E-state index contributed by atoms with van der Waals surface area (Å²) < 4.78 is 0.0348. The van der Waals surface area contributed by atoms with Gasteiger partial charge in [0.25, 0.3) is 0 Å². The average molecular weight is 314 g/mol. The van der Waals surface area contributed by atoms with Crippen LogP contribution in [-0.4, -0.2) is 51.1 Å². The van der Waals surface area contributed by atoms with Crippen LogP contribution in [0.1, 0.15) is 46.5 Å². The van der Waals surface area contributed by atoms with E-state index < -0.39 is 11.5 Å². The van der Waals surface area contributed by atoms with E-state index in [2.05, 4.69) is 26.1 Å². The second-order valence-electron chi connectivity index (χ2n) is 7.03. The number of aliphatic carboxylic acids is 1. The highest BCUT2D eigenvalue weighted by Crippen LogP contribution is 2.33. The van der Waals surface area contributed by atoms with Crippen molar-refractivity contribution in [2.24, 2.45) is 5.92 Å². The van der Waals surface area contributed by atoms with Crippen LogP contribution in [-0.2, 0) is 4.79 Å². The van der Waals surface area contributed by atoms with Gasteiger partial charge in [0.05, 0.1) is 0 Å². The molecule has 1 aliphatic carbocycles. The van der Waals surface area contributed by atoms with Gasteiger partial charge in [0.2, 0.25) is 0 Å². The Balaban J connectivity index is 2.03. The van der Waals surface area contributed by atoms with Gasteiger partial charge in [-0.05, 0) is 45.4 Å². The van der Waals surface area contributed by atoms with Gasteiger partial charge in [0, 0.05) is 23.6 Å². The number of hydrogen-bond acceptors (Lipinski definition) is 3. The van der Waals surface area contributed by atoms with Crippen molar-refractivity contribution in [2.75, 3.05) is 18.8 Å². The van der Waals surface area contributed by atoms with Crippen LogP contribution in [0.15, 0.2) is 0 Å². The van der Waals surface area contributed by atoms with E-state index in [1.165, 1.54) is 0 Å². The number of nitrogens with zero attached hydrogens (tertiary/aromatic N) is 1. The lowest BCUT2D eigenvalue weighted by molar-refractivity contribution is -0.146. The van der Waals surface area contributed by atoms with Gasteiger partial charge >= 0.3 is 12.0 Å². The fourth-order valence-electron chi connectivity index (χ4n) is 3.12. The van der Waals surface area contributed by atoms with E-state index in [-0.39, 0.29) is 10.8 Å². The van der Waals surface area contributed by atoms with E-state index in [0.717, 1.165) is 18.6 Å². The molecule has 21 heavy (non-hydrogen) atoms. The maximum atomic E-state index is 12.5. The average Bonchev–Trinajstić information content (AvgIpc) is 2.40. The van der Waals surface area contributed by atoms with E-state index in [0.29, 0.717) is 31.8 Å². The van der Waals surface area contributed by atoms with E-state index in [1.807, 2.05) is 11.8 Å². The number of carbonyl (C=O) groups is 2. The largest absolute Gasteiger partial charge is 0.480 e. The molecule has 0 radical (unpaired) electrons. The Kier molecular flexibility index (Phi) is 4.76. The summed E-state index contributed by atoms with van der Waals surface area (Å²) in [5, 5.41) is 12.4. The van der Waals surface area contributed by atoms with Crippen LogP contribution in [0, 0.1) is 5.92 Å². The van der Waals surface area contributed by atoms with Crippen LogP contribution in [0.3, 0.4) is 0 Å². The first-order chi connectivity index (χ1) is 9.74. The predicted molar refractivity (Wildman–Crippen MR) is 84.6 cm³/mol. The molecule has 0 bridgehead atoms. The Labute approximate surface area is 130 Å². The molecule has 0 aromatic heterocycles. The fourth-order valence-corrected chi connectivity index (χ4v) is 4.23. The highest BCUT2D eigenvalue weighted by Gasteiger charge is 2.44. The second-order valence-corrected chi connectivity index (χ2v) is 8.83. The van der Waals surface area contributed by atoms with Crippen LogP contribution in [0.25, 0.3) is 0 Å². The van der Waals surface area contributed by atoms with E-state index in [1.54, 1.807) is 4.90 Å². The van der Waals surface area contributed by atoms with Crippen LogP contribution in [0.2, 0.25) is 0 Å². The standard InChI is InChI=1S/C15H26N2O3S/c1-11-4-6-15(7-5-11,12(18)19)16-13(20)17-8-9-21-14(2,3)10-17/h11H,4-10H2,1-3H3,(H,16,20)(H,18,19).